The highest BCUT2D eigenvalue weighted by molar-refractivity contribution is 5.95. The van der Waals surface area contributed by atoms with Crippen LogP contribution in [0.1, 0.15) is 27.1 Å². The third-order valence-electron chi connectivity index (χ3n) is 4.71. The van der Waals surface area contributed by atoms with E-state index in [-0.39, 0.29) is 23.7 Å². The predicted molar refractivity (Wildman–Crippen MR) is 120 cm³/mol. The standard InChI is InChI=1S/C22H20F3N7O3/c23-22(24,25)12-35-21-31-19-28-15-6-2-13(3-7-15)17(33)26-10-1-11-27-18(34)14-4-8-16(9-5-14)29-20(30-19)32-21/h2-9H,1,10-12H2,(H,26,33)(H,27,34)(H2,28,29,30,31,32). The number of hydrogen-bond donors (Lipinski definition) is 4. The Balaban J connectivity index is 1.65. The van der Waals surface area contributed by atoms with Crippen LogP contribution < -0.4 is 26.0 Å². The van der Waals surface area contributed by atoms with Gasteiger partial charge in [-0.15, -0.1) is 0 Å². The van der Waals surface area contributed by atoms with Crippen LogP contribution >= 0.6 is 0 Å². The Morgan fingerprint density at radius 2 is 1.20 bits per heavy atom. The van der Waals surface area contributed by atoms with Gasteiger partial charge in [0.1, 0.15) is 0 Å². The molecule has 0 spiro atoms. The van der Waals surface area contributed by atoms with E-state index in [4.69, 9.17) is 4.74 Å². The molecule has 35 heavy (non-hydrogen) atoms. The summed E-state index contributed by atoms with van der Waals surface area (Å²) < 4.78 is 42.6. The highest BCUT2D eigenvalue weighted by atomic mass is 19.4. The molecule has 1 aromatic heterocycles. The Hall–Kier alpha value is -4.42. The summed E-state index contributed by atoms with van der Waals surface area (Å²) in [4.78, 5) is 36.6. The summed E-state index contributed by atoms with van der Waals surface area (Å²) in [6.45, 7) is -0.837. The van der Waals surface area contributed by atoms with Crippen molar-refractivity contribution in [3.8, 4) is 6.01 Å². The van der Waals surface area contributed by atoms with E-state index in [1.807, 2.05) is 0 Å². The molecule has 4 aliphatic rings. The first kappa shape index (κ1) is 23.7. The summed E-state index contributed by atoms with van der Waals surface area (Å²) in [6.07, 6.45) is -4.03. The molecule has 5 heterocycles. The quantitative estimate of drug-likeness (QED) is 0.434. The van der Waals surface area contributed by atoms with Crippen LogP contribution in [0.15, 0.2) is 48.5 Å². The summed E-state index contributed by atoms with van der Waals surface area (Å²) in [7, 11) is 0. The van der Waals surface area contributed by atoms with Crippen LogP contribution in [0, 0.1) is 0 Å². The predicted octanol–water partition coefficient (Wildman–Crippen LogP) is 3.16. The van der Waals surface area contributed by atoms with Crippen LogP contribution in [0.25, 0.3) is 0 Å². The molecule has 0 saturated heterocycles. The van der Waals surface area contributed by atoms with Crippen molar-refractivity contribution in [3.63, 3.8) is 0 Å². The van der Waals surface area contributed by atoms with Gasteiger partial charge in [-0.3, -0.25) is 9.59 Å². The van der Waals surface area contributed by atoms with Crippen LogP contribution in [-0.2, 0) is 0 Å². The van der Waals surface area contributed by atoms with Gasteiger partial charge in [0, 0.05) is 35.6 Å². The average Bonchev–Trinajstić information content (AvgIpc) is 2.82. The first-order chi connectivity index (χ1) is 16.7. The van der Waals surface area contributed by atoms with E-state index in [1.54, 1.807) is 48.5 Å². The minimum absolute atomic E-state index is 0.0812. The highest BCUT2D eigenvalue weighted by Gasteiger charge is 2.29. The zero-order chi connectivity index (χ0) is 24.8. The third-order valence-corrected chi connectivity index (χ3v) is 4.71. The first-order valence-corrected chi connectivity index (χ1v) is 10.5. The number of carbonyl (C=O) groups excluding carboxylic acids is 2. The smallest absolute Gasteiger partial charge is 0.422 e. The van der Waals surface area contributed by atoms with Crippen molar-refractivity contribution in [2.24, 2.45) is 0 Å². The second-order valence-corrected chi connectivity index (χ2v) is 7.44. The Morgan fingerprint density at radius 3 is 1.63 bits per heavy atom. The number of benzene rings is 2. The molecule has 0 radical (unpaired) electrons. The van der Waals surface area contributed by atoms with Crippen molar-refractivity contribution in [1.82, 2.24) is 25.6 Å². The Labute approximate surface area is 197 Å². The van der Waals surface area contributed by atoms with Gasteiger partial charge in [0.25, 0.3) is 11.8 Å². The number of ether oxygens (including phenoxy) is 1. The van der Waals surface area contributed by atoms with Gasteiger partial charge in [-0.2, -0.15) is 28.1 Å². The second-order valence-electron chi connectivity index (χ2n) is 7.44. The molecule has 3 aromatic rings. The molecule has 10 nitrogen and oxygen atoms in total. The largest absolute Gasteiger partial charge is 0.454 e. The Kier molecular flexibility index (Phi) is 6.94. The third kappa shape index (κ3) is 6.79. The van der Waals surface area contributed by atoms with E-state index in [0.29, 0.717) is 42.0 Å². The summed E-state index contributed by atoms with van der Waals surface area (Å²) in [5.74, 6) is -0.741. The average molecular weight is 487 g/mol. The normalized spacial score (nSPS) is 14.4. The lowest BCUT2D eigenvalue weighted by Crippen LogP contribution is -2.29. The van der Waals surface area contributed by atoms with Crippen molar-refractivity contribution in [3.05, 3.63) is 59.7 Å². The van der Waals surface area contributed by atoms with Crippen LogP contribution in [-0.4, -0.2) is 52.6 Å². The van der Waals surface area contributed by atoms with E-state index < -0.39 is 18.8 Å². The molecule has 0 unspecified atom stereocenters. The van der Waals surface area contributed by atoms with Gasteiger partial charge in [-0.05, 0) is 55.0 Å². The number of nitrogens with one attached hydrogen (secondary N) is 4. The number of alkyl halides is 3. The number of amides is 2. The number of halogens is 3. The maximum atomic E-state index is 12.6. The number of rotatable bonds is 2. The minimum Gasteiger partial charge on any atom is -0.454 e. The molecule has 0 aliphatic carbocycles. The van der Waals surface area contributed by atoms with Crippen molar-refractivity contribution >= 4 is 35.1 Å². The van der Waals surface area contributed by atoms with Gasteiger partial charge >= 0.3 is 12.2 Å². The number of nitrogens with zero attached hydrogens (tertiary/aromatic N) is 3. The molecule has 4 N–H and O–H groups in total. The fourth-order valence-corrected chi connectivity index (χ4v) is 3.04. The molecule has 182 valence electrons. The topological polar surface area (TPSA) is 130 Å². The second kappa shape index (κ2) is 10.2. The molecule has 0 atom stereocenters. The zero-order valence-electron chi connectivity index (χ0n) is 18.1. The lowest BCUT2D eigenvalue weighted by atomic mass is 10.2. The molecule has 13 heteroatoms. The minimum atomic E-state index is -4.58. The molecular formula is C22H20F3N7O3. The molecule has 2 amide bonds. The maximum Gasteiger partial charge on any atom is 0.422 e. The van der Waals surface area contributed by atoms with E-state index in [9.17, 15) is 22.8 Å². The van der Waals surface area contributed by atoms with Crippen molar-refractivity contribution in [2.75, 3.05) is 30.3 Å². The first-order valence-electron chi connectivity index (χ1n) is 10.5. The fraction of sp³-hybridized carbons (Fsp3) is 0.227. The van der Waals surface area contributed by atoms with Crippen LogP contribution in [0.3, 0.4) is 0 Å². The van der Waals surface area contributed by atoms with Crippen molar-refractivity contribution in [1.29, 1.82) is 0 Å². The molecule has 6 bridgehead atoms. The fourth-order valence-electron chi connectivity index (χ4n) is 3.04. The summed E-state index contributed by atoms with van der Waals surface area (Å²) in [5.41, 5.74) is 1.78. The number of carbonyl (C=O) groups is 2. The molecular weight excluding hydrogens is 467 g/mol. The Bertz CT molecular complexity index is 1120. The Morgan fingerprint density at radius 1 is 0.743 bits per heavy atom. The SMILES string of the molecule is O=C1NCCCNC(=O)c2ccc(cc2)Nc2nc(nc(OCC(F)(F)F)n2)Nc2ccc1cc2. The lowest BCUT2D eigenvalue weighted by Gasteiger charge is -2.13. The van der Waals surface area contributed by atoms with Crippen molar-refractivity contribution < 1.29 is 27.5 Å². The summed E-state index contributed by atoms with van der Waals surface area (Å²) in [6, 6.07) is 12.1. The summed E-state index contributed by atoms with van der Waals surface area (Å²) in [5, 5.41) is 11.3. The van der Waals surface area contributed by atoms with E-state index in [1.165, 1.54) is 0 Å². The van der Waals surface area contributed by atoms with Crippen LogP contribution in [0.5, 0.6) is 6.01 Å². The van der Waals surface area contributed by atoms with Crippen LogP contribution in [0.2, 0.25) is 0 Å². The number of hydrogen-bond acceptors (Lipinski definition) is 8. The van der Waals surface area contributed by atoms with Gasteiger partial charge in [0.05, 0.1) is 0 Å². The molecule has 0 saturated carbocycles. The lowest BCUT2D eigenvalue weighted by molar-refractivity contribution is -0.154. The maximum absolute atomic E-state index is 12.6. The van der Waals surface area contributed by atoms with E-state index in [0.717, 1.165) is 0 Å². The zero-order valence-corrected chi connectivity index (χ0v) is 18.1. The van der Waals surface area contributed by atoms with E-state index in [2.05, 4.69) is 36.2 Å². The van der Waals surface area contributed by atoms with E-state index >= 15 is 0 Å². The monoisotopic (exact) mass is 487 g/mol. The highest BCUT2D eigenvalue weighted by Crippen LogP contribution is 2.22. The van der Waals surface area contributed by atoms with Gasteiger partial charge in [0.15, 0.2) is 6.61 Å². The molecule has 4 aliphatic heterocycles. The van der Waals surface area contributed by atoms with Gasteiger partial charge in [0.2, 0.25) is 11.9 Å². The summed E-state index contributed by atoms with van der Waals surface area (Å²) >= 11 is 0. The van der Waals surface area contributed by atoms with Gasteiger partial charge < -0.3 is 26.0 Å². The van der Waals surface area contributed by atoms with Gasteiger partial charge in [-0.25, -0.2) is 0 Å². The molecule has 0 fully saturated rings. The van der Waals surface area contributed by atoms with Crippen molar-refractivity contribution in [2.45, 2.75) is 12.6 Å². The molecule has 2 aromatic carbocycles. The van der Waals surface area contributed by atoms with Crippen LogP contribution in [0.4, 0.5) is 36.4 Å². The number of aromatic nitrogens is 3. The molecule has 7 rings (SSSR count). The number of anilines is 4. The van der Waals surface area contributed by atoms with Gasteiger partial charge in [-0.1, -0.05) is 0 Å².